The number of pyridine rings is 1. The molecule has 3 heterocycles. The minimum Gasteiger partial charge on any atom is -0.347 e. The molecule has 5 aromatic rings. The van der Waals surface area contributed by atoms with Gasteiger partial charge in [-0.15, -0.1) is 21.5 Å². The quantitative estimate of drug-likeness (QED) is 0.237. The standard InChI is InChI=1S/C26H19F3N6OS2/c27-26(28,29)19-9-4-10-20(12-19)35-23(18-8-5-11-30-14-18)33-34-25(35)38-16-22-32-21(15-37-22)24(36)31-13-17-6-2-1-3-7-17/h1-12,14-15H,13,16H2,(H,31,36). The number of nitrogens with one attached hydrogen (secondary N) is 1. The summed E-state index contributed by atoms with van der Waals surface area (Å²) in [6.07, 6.45) is -1.33. The molecule has 0 bridgehead atoms. The van der Waals surface area contributed by atoms with Crippen LogP contribution in [0.5, 0.6) is 0 Å². The molecule has 0 fully saturated rings. The Morgan fingerprint density at radius 1 is 1.03 bits per heavy atom. The number of thiazole rings is 1. The molecule has 5 rings (SSSR count). The summed E-state index contributed by atoms with van der Waals surface area (Å²) < 4.78 is 41.8. The van der Waals surface area contributed by atoms with E-state index in [1.807, 2.05) is 30.3 Å². The third kappa shape index (κ3) is 5.92. The number of alkyl halides is 3. The predicted molar refractivity (Wildman–Crippen MR) is 139 cm³/mol. The van der Waals surface area contributed by atoms with Gasteiger partial charge >= 0.3 is 6.18 Å². The van der Waals surface area contributed by atoms with Gasteiger partial charge in [0.25, 0.3) is 5.91 Å². The Kier molecular flexibility index (Phi) is 7.52. The molecule has 0 aliphatic heterocycles. The Bertz CT molecular complexity index is 1540. The molecule has 3 aromatic heterocycles. The number of aromatic nitrogens is 5. The highest BCUT2D eigenvalue weighted by molar-refractivity contribution is 7.98. The van der Waals surface area contributed by atoms with Crippen molar-refractivity contribution in [2.24, 2.45) is 0 Å². The molecule has 38 heavy (non-hydrogen) atoms. The summed E-state index contributed by atoms with van der Waals surface area (Å²) in [5.74, 6) is 0.424. The van der Waals surface area contributed by atoms with Crippen LogP contribution in [-0.4, -0.2) is 30.6 Å². The van der Waals surface area contributed by atoms with Gasteiger partial charge in [-0.1, -0.05) is 48.2 Å². The molecule has 192 valence electrons. The van der Waals surface area contributed by atoms with Crippen LogP contribution in [0.3, 0.4) is 0 Å². The Morgan fingerprint density at radius 2 is 1.87 bits per heavy atom. The molecular formula is C26H19F3N6OS2. The molecule has 0 atom stereocenters. The maximum Gasteiger partial charge on any atom is 0.416 e. The van der Waals surface area contributed by atoms with Crippen LogP contribution >= 0.6 is 23.1 Å². The fraction of sp³-hybridized carbons (Fsp3) is 0.115. The van der Waals surface area contributed by atoms with Gasteiger partial charge in [0.1, 0.15) is 10.7 Å². The molecule has 1 amide bonds. The SMILES string of the molecule is O=C(NCc1ccccc1)c1csc(CSc2nnc(-c3cccnc3)n2-c2cccc(C(F)(F)F)c2)n1. The third-order valence-electron chi connectivity index (χ3n) is 5.39. The van der Waals surface area contributed by atoms with E-state index >= 15 is 0 Å². The topological polar surface area (TPSA) is 85.6 Å². The summed E-state index contributed by atoms with van der Waals surface area (Å²) in [5.41, 5.74) is 1.38. The molecule has 0 aliphatic carbocycles. The summed E-state index contributed by atoms with van der Waals surface area (Å²) >= 11 is 2.58. The van der Waals surface area contributed by atoms with Gasteiger partial charge in [0.15, 0.2) is 11.0 Å². The van der Waals surface area contributed by atoms with Gasteiger partial charge in [0, 0.05) is 29.9 Å². The number of carbonyl (C=O) groups is 1. The third-order valence-corrected chi connectivity index (χ3v) is 7.36. The highest BCUT2D eigenvalue weighted by Gasteiger charge is 2.31. The lowest BCUT2D eigenvalue weighted by molar-refractivity contribution is -0.137. The van der Waals surface area contributed by atoms with Crippen LogP contribution in [0.15, 0.2) is 89.7 Å². The molecule has 7 nitrogen and oxygen atoms in total. The van der Waals surface area contributed by atoms with E-state index in [0.717, 1.165) is 17.7 Å². The lowest BCUT2D eigenvalue weighted by Crippen LogP contribution is -2.23. The average Bonchev–Trinajstić information content (AvgIpc) is 3.59. The van der Waals surface area contributed by atoms with Crippen LogP contribution in [0, 0.1) is 0 Å². The van der Waals surface area contributed by atoms with Crippen LogP contribution in [0.25, 0.3) is 17.1 Å². The van der Waals surface area contributed by atoms with E-state index < -0.39 is 11.7 Å². The number of halogens is 3. The van der Waals surface area contributed by atoms with E-state index in [4.69, 9.17) is 0 Å². The van der Waals surface area contributed by atoms with Crippen LogP contribution in [0.4, 0.5) is 13.2 Å². The number of amides is 1. The van der Waals surface area contributed by atoms with Crippen molar-refractivity contribution >= 4 is 29.0 Å². The number of carbonyl (C=O) groups excluding carboxylic acids is 1. The van der Waals surface area contributed by atoms with E-state index in [2.05, 4.69) is 25.5 Å². The number of hydrogen-bond donors (Lipinski definition) is 1. The van der Waals surface area contributed by atoms with Gasteiger partial charge in [-0.2, -0.15) is 13.2 Å². The zero-order chi connectivity index (χ0) is 26.5. The number of hydrogen-bond acceptors (Lipinski definition) is 7. The lowest BCUT2D eigenvalue weighted by atomic mass is 10.2. The van der Waals surface area contributed by atoms with Crippen LogP contribution < -0.4 is 5.32 Å². The minimum absolute atomic E-state index is 0.270. The van der Waals surface area contributed by atoms with Crippen LogP contribution in [0.1, 0.15) is 26.6 Å². The Morgan fingerprint density at radius 3 is 2.63 bits per heavy atom. The zero-order valence-corrected chi connectivity index (χ0v) is 21.2. The first-order valence-corrected chi connectivity index (χ1v) is 13.2. The maximum absolute atomic E-state index is 13.4. The number of nitrogens with zero attached hydrogens (tertiary/aromatic N) is 5. The van der Waals surface area contributed by atoms with Crippen LogP contribution in [0.2, 0.25) is 0 Å². The van der Waals surface area contributed by atoms with Gasteiger partial charge in [0.05, 0.1) is 17.0 Å². The predicted octanol–water partition coefficient (Wildman–Crippen LogP) is 6.03. The monoisotopic (exact) mass is 552 g/mol. The molecule has 2 aromatic carbocycles. The van der Waals surface area contributed by atoms with Crippen molar-refractivity contribution in [2.75, 3.05) is 0 Å². The van der Waals surface area contributed by atoms with E-state index in [9.17, 15) is 18.0 Å². The molecule has 12 heteroatoms. The van der Waals surface area contributed by atoms with Gasteiger partial charge in [-0.3, -0.25) is 14.3 Å². The van der Waals surface area contributed by atoms with Gasteiger partial charge in [-0.05, 0) is 35.9 Å². The first-order valence-electron chi connectivity index (χ1n) is 11.3. The van der Waals surface area contributed by atoms with Crippen molar-refractivity contribution in [3.63, 3.8) is 0 Å². The largest absolute Gasteiger partial charge is 0.416 e. The zero-order valence-electron chi connectivity index (χ0n) is 19.6. The second kappa shape index (κ2) is 11.2. The highest BCUT2D eigenvalue weighted by Crippen LogP contribution is 2.34. The van der Waals surface area contributed by atoms with Crippen molar-refractivity contribution < 1.29 is 18.0 Å². The number of rotatable bonds is 8. The Labute approximate surface area is 223 Å². The Hall–Kier alpha value is -4.03. The number of benzene rings is 2. The van der Waals surface area contributed by atoms with Gasteiger partial charge < -0.3 is 5.32 Å². The van der Waals surface area contributed by atoms with Crippen molar-refractivity contribution in [3.8, 4) is 17.1 Å². The van der Waals surface area contributed by atoms with Crippen molar-refractivity contribution in [3.05, 3.63) is 106 Å². The first kappa shape index (κ1) is 25.6. The molecule has 0 saturated heterocycles. The fourth-order valence-corrected chi connectivity index (χ4v) is 5.32. The molecular weight excluding hydrogens is 533 g/mol. The normalized spacial score (nSPS) is 11.4. The molecule has 0 radical (unpaired) electrons. The molecule has 0 spiro atoms. The lowest BCUT2D eigenvalue weighted by Gasteiger charge is -2.13. The second-order valence-electron chi connectivity index (χ2n) is 8.01. The van der Waals surface area contributed by atoms with Gasteiger partial charge in [-0.25, -0.2) is 4.98 Å². The first-order chi connectivity index (χ1) is 18.4. The maximum atomic E-state index is 13.4. The van der Waals surface area contributed by atoms with E-state index in [1.54, 1.807) is 40.5 Å². The van der Waals surface area contributed by atoms with Crippen molar-refractivity contribution in [1.82, 2.24) is 30.0 Å². The highest BCUT2D eigenvalue weighted by atomic mass is 32.2. The fourth-order valence-electron chi connectivity index (χ4n) is 3.58. The summed E-state index contributed by atoms with van der Waals surface area (Å²) in [4.78, 5) is 21.0. The van der Waals surface area contributed by atoms with E-state index in [1.165, 1.54) is 29.2 Å². The second-order valence-corrected chi connectivity index (χ2v) is 9.90. The van der Waals surface area contributed by atoms with E-state index in [0.29, 0.717) is 39.5 Å². The summed E-state index contributed by atoms with van der Waals surface area (Å²) in [6, 6.07) is 18.0. The summed E-state index contributed by atoms with van der Waals surface area (Å²) in [5, 5.41) is 14.1. The van der Waals surface area contributed by atoms with Gasteiger partial charge in [0.2, 0.25) is 0 Å². The summed E-state index contributed by atoms with van der Waals surface area (Å²) in [7, 11) is 0. The van der Waals surface area contributed by atoms with Crippen LogP contribution in [-0.2, 0) is 18.5 Å². The molecule has 0 unspecified atom stereocenters. The molecule has 0 aliphatic rings. The smallest absolute Gasteiger partial charge is 0.347 e. The van der Waals surface area contributed by atoms with Crippen molar-refractivity contribution in [1.29, 1.82) is 0 Å². The average molecular weight is 553 g/mol. The summed E-state index contributed by atoms with van der Waals surface area (Å²) in [6.45, 7) is 0.387. The molecule has 1 N–H and O–H groups in total. The Balaban J connectivity index is 1.36. The molecule has 0 saturated carbocycles. The number of thioether (sulfide) groups is 1. The minimum atomic E-state index is -4.50. The van der Waals surface area contributed by atoms with Crippen molar-refractivity contribution in [2.45, 2.75) is 23.6 Å². The van der Waals surface area contributed by atoms with E-state index in [-0.39, 0.29) is 11.6 Å².